The molecule has 0 bridgehead atoms. The van der Waals surface area contributed by atoms with Crippen LogP contribution in [0.1, 0.15) is 6.42 Å². The average Bonchev–Trinajstić information content (AvgIpc) is 2.28. The van der Waals surface area contributed by atoms with Crippen molar-refractivity contribution >= 4 is 0 Å². The summed E-state index contributed by atoms with van der Waals surface area (Å²) in [7, 11) is 3.33. The highest BCUT2D eigenvalue weighted by molar-refractivity contribution is 5.53. The fraction of sp³-hybridized carbons (Fsp3) is 0.333. The molecule has 0 N–H and O–H groups in total. The fourth-order valence-corrected chi connectivity index (χ4v) is 1.88. The van der Waals surface area contributed by atoms with E-state index in [1.165, 1.54) is 5.57 Å². The predicted molar refractivity (Wildman–Crippen MR) is 55.8 cm³/mol. The van der Waals surface area contributed by atoms with Gasteiger partial charge in [0.15, 0.2) is 0 Å². The molecule has 14 heavy (non-hydrogen) atoms. The van der Waals surface area contributed by atoms with Gasteiger partial charge >= 0.3 is 0 Å². The van der Waals surface area contributed by atoms with E-state index < -0.39 is 5.79 Å². The van der Waals surface area contributed by atoms with Crippen LogP contribution in [-0.4, -0.2) is 20.0 Å². The lowest BCUT2D eigenvalue weighted by atomic mass is 9.88. The summed E-state index contributed by atoms with van der Waals surface area (Å²) in [6.07, 6.45) is 13.3. The molecule has 0 unspecified atom stereocenters. The van der Waals surface area contributed by atoms with E-state index in [0.717, 1.165) is 12.0 Å². The Bertz CT molecular complexity index is 341. The molecule has 2 aliphatic rings. The van der Waals surface area contributed by atoms with Crippen LogP contribution in [-0.2, 0) is 9.47 Å². The molecule has 0 fully saturated rings. The van der Waals surface area contributed by atoms with Crippen molar-refractivity contribution < 1.29 is 9.47 Å². The minimum absolute atomic E-state index is 0.686. The minimum Gasteiger partial charge on any atom is -0.346 e. The zero-order valence-corrected chi connectivity index (χ0v) is 8.49. The number of hydrogen-bond donors (Lipinski definition) is 0. The number of fused-ring (bicyclic) bond motifs is 1. The third-order valence-corrected chi connectivity index (χ3v) is 2.64. The first-order chi connectivity index (χ1) is 6.82. The summed E-state index contributed by atoms with van der Waals surface area (Å²) in [5, 5.41) is 0. The largest absolute Gasteiger partial charge is 0.346 e. The van der Waals surface area contributed by atoms with Crippen molar-refractivity contribution in [2.45, 2.75) is 12.2 Å². The smallest absolute Gasteiger partial charge is 0.215 e. The quantitative estimate of drug-likeness (QED) is 0.622. The van der Waals surface area contributed by atoms with Crippen molar-refractivity contribution in [2.75, 3.05) is 14.2 Å². The zero-order valence-electron chi connectivity index (χ0n) is 8.49. The topological polar surface area (TPSA) is 18.5 Å². The molecule has 0 radical (unpaired) electrons. The Morgan fingerprint density at radius 3 is 2.79 bits per heavy atom. The van der Waals surface area contributed by atoms with Gasteiger partial charge in [-0.15, -0.1) is 0 Å². The van der Waals surface area contributed by atoms with Crippen molar-refractivity contribution in [3.8, 4) is 0 Å². The van der Waals surface area contributed by atoms with Crippen molar-refractivity contribution in [2.24, 2.45) is 0 Å². The van der Waals surface area contributed by atoms with Gasteiger partial charge in [-0.05, 0) is 18.1 Å². The maximum absolute atomic E-state index is 5.45. The van der Waals surface area contributed by atoms with Crippen LogP contribution >= 0.6 is 0 Å². The van der Waals surface area contributed by atoms with Crippen molar-refractivity contribution in [1.82, 2.24) is 0 Å². The SMILES string of the molecule is COC1(OC)C=CC=C2C=CCC=C21. The van der Waals surface area contributed by atoms with Crippen LogP contribution < -0.4 is 0 Å². The van der Waals surface area contributed by atoms with E-state index in [4.69, 9.17) is 9.47 Å². The third kappa shape index (κ3) is 1.27. The second-order valence-electron chi connectivity index (χ2n) is 3.31. The molecule has 74 valence electrons. The van der Waals surface area contributed by atoms with Gasteiger partial charge in [-0.25, -0.2) is 0 Å². The second kappa shape index (κ2) is 3.56. The fourth-order valence-electron chi connectivity index (χ4n) is 1.88. The predicted octanol–water partition coefficient (Wildman–Crippen LogP) is 2.36. The molecule has 0 saturated carbocycles. The van der Waals surface area contributed by atoms with Gasteiger partial charge < -0.3 is 9.47 Å². The Hall–Kier alpha value is -1.12. The molecule has 2 aliphatic carbocycles. The lowest BCUT2D eigenvalue weighted by Gasteiger charge is -2.34. The van der Waals surface area contributed by atoms with Crippen LogP contribution in [0.25, 0.3) is 0 Å². The molecule has 0 atom stereocenters. The number of allylic oxidation sites excluding steroid dienone is 5. The summed E-state index contributed by atoms with van der Waals surface area (Å²) < 4.78 is 10.9. The van der Waals surface area contributed by atoms with Crippen LogP contribution in [0.4, 0.5) is 0 Å². The van der Waals surface area contributed by atoms with Gasteiger partial charge in [0, 0.05) is 19.8 Å². The van der Waals surface area contributed by atoms with Gasteiger partial charge in [0.25, 0.3) is 0 Å². The highest BCUT2D eigenvalue weighted by atomic mass is 16.7. The number of rotatable bonds is 2. The standard InChI is InChI=1S/C12H14O2/c1-13-12(14-2)9-5-7-10-6-3-4-8-11(10)12/h3,5-9H,4H2,1-2H3. The summed E-state index contributed by atoms with van der Waals surface area (Å²) in [4.78, 5) is 0. The maximum atomic E-state index is 5.45. The lowest BCUT2D eigenvalue weighted by Crippen LogP contribution is -2.36. The highest BCUT2D eigenvalue weighted by Gasteiger charge is 2.34. The summed E-state index contributed by atoms with van der Waals surface area (Å²) >= 11 is 0. The molecule has 0 aliphatic heterocycles. The van der Waals surface area contributed by atoms with Crippen molar-refractivity contribution in [3.05, 3.63) is 47.6 Å². The molecule has 0 saturated heterocycles. The van der Waals surface area contributed by atoms with E-state index in [0.29, 0.717) is 0 Å². The first-order valence-electron chi connectivity index (χ1n) is 4.70. The highest BCUT2D eigenvalue weighted by Crippen LogP contribution is 2.35. The number of hydrogen-bond acceptors (Lipinski definition) is 2. The summed E-state index contributed by atoms with van der Waals surface area (Å²) in [6.45, 7) is 0. The summed E-state index contributed by atoms with van der Waals surface area (Å²) in [5.41, 5.74) is 2.27. The summed E-state index contributed by atoms with van der Waals surface area (Å²) in [5.74, 6) is -0.686. The third-order valence-electron chi connectivity index (χ3n) is 2.64. The lowest BCUT2D eigenvalue weighted by molar-refractivity contribution is -0.140. The molecule has 0 aromatic heterocycles. The van der Waals surface area contributed by atoms with Crippen LogP contribution in [0.15, 0.2) is 47.6 Å². The first kappa shape index (κ1) is 9.44. The molecule has 0 heterocycles. The summed E-state index contributed by atoms with van der Waals surface area (Å²) in [6, 6.07) is 0. The Morgan fingerprint density at radius 1 is 1.29 bits per heavy atom. The van der Waals surface area contributed by atoms with E-state index in [9.17, 15) is 0 Å². The van der Waals surface area contributed by atoms with Gasteiger partial charge in [-0.1, -0.05) is 30.4 Å². The van der Waals surface area contributed by atoms with Crippen LogP contribution in [0.3, 0.4) is 0 Å². The van der Waals surface area contributed by atoms with Crippen LogP contribution in [0.2, 0.25) is 0 Å². The monoisotopic (exact) mass is 190 g/mol. The molecule has 0 aromatic carbocycles. The Labute approximate surface area is 84.2 Å². The van der Waals surface area contributed by atoms with Crippen molar-refractivity contribution in [3.63, 3.8) is 0 Å². The molecule has 0 spiro atoms. The van der Waals surface area contributed by atoms with Crippen LogP contribution in [0, 0.1) is 0 Å². The van der Waals surface area contributed by atoms with Gasteiger partial charge in [0.1, 0.15) is 0 Å². The number of methoxy groups -OCH3 is 2. The first-order valence-corrected chi connectivity index (χ1v) is 4.70. The average molecular weight is 190 g/mol. The molecular formula is C12H14O2. The van der Waals surface area contributed by atoms with E-state index in [-0.39, 0.29) is 0 Å². The zero-order chi connectivity index (χ0) is 10.0. The van der Waals surface area contributed by atoms with Crippen molar-refractivity contribution in [1.29, 1.82) is 0 Å². The Kier molecular flexibility index (Phi) is 2.40. The van der Waals surface area contributed by atoms with Gasteiger partial charge in [-0.3, -0.25) is 0 Å². The van der Waals surface area contributed by atoms with E-state index in [1.54, 1.807) is 14.2 Å². The Balaban J connectivity index is 2.44. The second-order valence-corrected chi connectivity index (χ2v) is 3.31. The maximum Gasteiger partial charge on any atom is 0.215 e. The van der Waals surface area contributed by atoms with Gasteiger partial charge in [0.05, 0.1) is 0 Å². The normalized spacial score (nSPS) is 22.7. The van der Waals surface area contributed by atoms with Gasteiger partial charge in [-0.2, -0.15) is 0 Å². The molecule has 0 aromatic rings. The number of ether oxygens (including phenoxy) is 2. The molecule has 2 nitrogen and oxygen atoms in total. The van der Waals surface area contributed by atoms with E-state index >= 15 is 0 Å². The molecule has 2 heteroatoms. The molecule has 2 rings (SSSR count). The molecule has 0 amide bonds. The minimum atomic E-state index is -0.686. The van der Waals surface area contributed by atoms with E-state index in [2.05, 4.69) is 24.3 Å². The van der Waals surface area contributed by atoms with Gasteiger partial charge in [0.2, 0.25) is 5.79 Å². The van der Waals surface area contributed by atoms with Crippen LogP contribution in [0.5, 0.6) is 0 Å². The van der Waals surface area contributed by atoms with E-state index in [1.807, 2.05) is 12.2 Å². The Morgan fingerprint density at radius 2 is 2.07 bits per heavy atom. The molecular weight excluding hydrogens is 176 g/mol.